The Hall–Kier alpha value is -3.85. The van der Waals surface area contributed by atoms with E-state index in [0.29, 0.717) is 5.75 Å². The molecule has 3 N–H and O–H groups in total. The molecule has 9 nitrogen and oxygen atoms in total. The van der Waals surface area contributed by atoms with E-state index in [1.807, 2.05) is 56.3 Å². The van der Waals surface area contributed by atoms with Crippen LogP contribution in [0.15, 0.2) is 58.1 Å². The standard InChI is InChI=1S/C24H28N4O5/c1-16-9-10-19(17(2)13-16)33-15-20(29)28(14-18-7-5-4-6-8-18)21-22(25)27(11-12-32-3)24(31)26-23(21)30/h4-10,13H,11-12,14-15,25H2,1-3H3,(H,26,30,31). The molecule has 0 radical (unpaired) electrons. The van der Waals surface area contributed by atoms with Crippen molar-refractivity contribution in [3.63, 3.8) is 0 Å². The van der Waals surface area contributed by atoms with Gasteiger partial charge in [0.15, 0.2) is 12.3 Å². The predicted molar refractivity (Wildman–Crippen MR) is 127 cm³/mol. The predicted octanol–water partition coefficient (Wildman–Crippen LogP) is 1.99. The Kier molecular flexibility index (Phi) is 7.68. The van der Waals surface area contributed by atoms with Crippen molar-refractivity contribution in [3.8, 4) is 5.75 Å². The summed E-state index contributed by atoms with van der Waals surface area (Å²) in [5.41, 5.74) is 7.45. The number of nitrogens with two attached hydrogens (primary N) is 1. The van der Waals surface area contributed by atoms with E-state index in [4.69, 9.17) is 15.2 Å². The second kappa shape index (κ2) is 10.6. The lowest BCUT2D eigenvalue weighted by Crippen LogP contribution is -2.42. The van der Waals surface area contributed by atoms with Gasteiger partial charge < -0.3 is 15.2 Å². The number of hydrogen-bond acceptors (Lipinski definition) is 6. The van der Waals surface area contributed by atoms with Crippen LogP contribution in [0.25, 0.3) is 0 Å². The van der Waals surface area contributed by atoms with Crippen LogP contribution in [-0.2, 0) is 22.6 Å². The maximum absolute atomic E-state index is 13.3. The summed E-state index contributed by atoms with van der Waals surface area (Å²) in [6.45, 7) is 3.95. The second-order valence-corrected chi connectivity index (χ2v) is 7.66. The third-order valence-electron chi connectivity index (χ3n) is 5.17. The average molecular weight is 453 g/mol. The summed E-state index contributed by atoms with van der Waals surface area (Å²) in [6, 6.07) is 14.8. The highest BCUT2D eigenvalue weighted by atomic mass is 16.5. The lowest BCUT2D eigenvalue weighted by atomic mass is 10.1. The summed E-state index contributed by atoms with van der Waals surface area (Å²) in [6.07, 6.45) is 0. The number of hydrogen-bond donors (Lipinski definition) is 2. The van der Waals surface area contributed by atoms with E-state index in [-0.39, 0.29) is 37.8 Å². The first kappa shape index (κ1) is 23.8. The minimum Gasteiger partial charge on any atom is -0.483 e. The summed E-state index contributed by atoms with van der Waals surface area (Å²) < 4.78 is 12.0. The van der Waals surface area contributed by atoms with Crippen molar-refractivity contribution < 1.29 is 14.3 Å². The zero-order chi connectivity index (χ0) is 24.0. The van der Waals surface area contributed by atoms with E-state index in [1.54, 1.807) is 6.07 Å². The van der Waals surface area contributed by atoms with Gasteiger partial charge in [0.25, 0.3) is 11.5 Å². The molecule has 0 aliphatic carbocycles. The van der Waals surface area contributed by atoms with Crippen LogP contribution in [0, 0.1) is 13.8 Å². The number of H-pyrrole nitrogens is 1. The monoisotopic (exact) mass is 452 g/mol. The van der Waals surface area contributed by atoms with Crippen LogP contribution in [0.4, 0.5) is 11.5 Å². The molecule has 3 rings (SSSR count). The number of aromatic amines is 1. The number of benzene rings is 2. The molecule has 3 aromatic rings. The van der Waals surface area contributed by atoms with Gasteiger partial charge in [0.1, 0.15) is 11.6 Å². The second-order valence-electron chi connectivity index (χ2n) is 7.66. The number of nitrogens with one attached hydrogen (secondary N) is 1. The number of amides is 1. The fraction of sp³-hybridized carbons (Fsp3) is 0.292. The molecule has 0 atom stereocenters. The van der Waals surface area contributed by atoms with E-state index >= 15 is 0 Å². The normalized spacial score (nSPS) is 10.8. The number of nitrogens with zero attached hydrogens (tertiary/aromatic N) is 2. The summed E-state index contributed by atoms with van der Waals surface area (Å²) in [7, 11) is 1.49. The number of methoxy groups -OCH3 is 1. The Morgan fingerprint density at radius 3 is 2.52 bits per heavy atom. The van der Waals surface area contributed by atoms with E-state index in [0.717, 1.165) is 16.7 Å². The summed E-state index contributed by atoms with van der Waals surface area (Å²) >= 11 is 0. The van der Waals surface area contributed by atoms with Gasteiger partial charge in [0.2, 0.25) is 0 Å². The fourth-order valence-electron chi connectivity index (χ4n) is 3.48. The molecule has 0 fully saturated rings. The molecule has 33 heavy (non-hydrogen) atoms. The highest BCUT2D eigenvalue weighted by molar-refractivity contribution is 5.96. The molecule has 9 heteroatoms. The Morgan fingerprint density at radius 1 is 1.12 bits per heavy atom. The summed E-state index contributed by atoms with van der Waals surface area (Å²) in [5.74, 6) is -0.0230. The minimum absolute atomic E-state index is 0.0751. The van der Waals surface area contributed by atoms with Crippen molar-refractivity contribution in [2.75, 3.05) is 31.0 Å². The largest absolute Gasteiger partial charge is 0.483 e. The van der Waals surface area contributed by atoms with Crippen molar-refractivity contribution in [3.05, 3.63) is 86.1 Å². The Morgan fingerprint density at radius 2 is 1.85 bits per heavy atom. The highest BCUT2D eigenvalue weighted by Crippen LogP contribution is 2.22. The van der Waals surface area contributed by atoms with Crippen LogP contribution >= 0.6 is 0 Å². The number of aryl methyl sites for hydroxylation is 2. The molecule has 1 heterocycles. The number of ether oxygens (including phenoxy) is 2. The summed E-state index contributed by atoms with van der Waals surface area (Å²) in [4.78, 5) is 41.9. The van der Waals surface area contributed by atoms with E-state index in [9.17, 15) is 14.4 Å². The first-order valence-electron chi connectivity index (χ1n) is 10.5. The van der Waals surface area contributed by atoms with Crippen molar-refractivity contribution in [1.29, 1.82) is 0 Å². The third kappa shape index (κ3) is 5.69. The van der Waals surface area contributed by atoms with Gasteiger partial charge in [0.05, 0.1) is 19.7 Å². The lowest BCUT2D eigenvalue weighted by Gasteiger charge is -2.25. The minimum atomic E-state index is -0.748. The van der Waals surface area contributed by atoms with E-state index in [1.165, 1.54) is 16.6 Å². The quantitative estimate of drug-likeness (QED) is 0.512. The molecular weight excluding hydrogens is 424 g/mol. The molecule has 0 aliphatic rings. The van der Waals surface area contributed by atoms with Crippen molar-refractivity contribution in [2.24, 2.45) is 0 Å². The van der Waals surface area contributed by atoms with Gasteiger partial charge in [-0.25, -0.2) is 4.79 Å². The van der Waals surface area contributed by atoms with Gasteiger partial charge in [0, 0.05) is 7.11 Å². The Labute approximate surface area is 191 Å². The van der Waals surface area contributed by atoms with Crippen LogP contribution in [0.3, 0.4) is 0 Å². The highest BCUT2D eigenvalue weighted by Gasteiger charge is 2.25. The van der Waals surface area contributed by atoms with Crippen LogP contribution in [0.1, 0.15) is 16.7 Å². The molecule has 0 saturated heterocycles. The molecule has 0 unspecified atom stereocenters. The smallest absolute Gasteiger partial charge is 0.330 e. The Bertz CT molecular complexity index is 1230. The maximum Gasteiger partial charge on any atom is 0.330 e. The molecule has 2 aromatic carbocycles. The topological polar surface area (TPSA) is 120 Å². The van der Waals surface area contributed by atoms with Gasteiger partial charge in [-0.2, -0.15) is 0 Å². The SMILES string of the molecule is COCCn1c(N)c(N(Cc2ccccc2)C(=O)COc2ccc(C)cc2C)c(=O)[nH]c1=O. The Balaban J connectivity index is 1.98. The molecule has 174 valence electrons. The maximum atomic E-state index is 13.3. The van der Waals surface area contributed by atoms with Crippen LogP contribution in [0.5, 0.6) is 5.75 Å². The number of rotatable bonds is 9. The van der Waals surface area contributed by atoms with Gasteiger partial charge in [-0.05, 0) is 31.0 Å². The molecule has 0 aliphatic heterocycles. The van der Waals surface area contributed by atoms with Gasteiger partial charge in [-0.15, -0.1) is 0 Å². The number of aromatic nitrogens is 2. The number of carbonyl (C=O) groups excluding carboxylic acids is 1. The first-order chi connectivity index (χ1) is 15.8. The zero-order valence-corrected chi connectivity index (χ0v) is 19.0. The van der Waals surface area contributed by atoms with Crippen molar-refractivity contribution >= 4 is 17.4 Å². The summed E-state index contributed by atoms with van der Waals surface area (Å²) in [5, 5.41) is 0. The van der Waals surface area contributed by atoms with Gasteiger partial charge in [-0.1, -0.05) is 48.0 Å². The molecule has 1 aromatic heterocycles. The van der Waals surface area contributed by atoms with Gasteiger partial charge >= 0.3 is 5.69 Å². The average Bonchev–Trinajstić information content (AvgIpc) is 2.78. The van der Waals surface area contributed by atoms with Crippen LogP contribution < -0.4 is 26.6 Å². The first-order valence-corrected chi connectivity index (χ1v) is 10.5. The number of anilines is 2. The van der Waals surface area contributed by atoms with Crippen LogP contribution in [0.2, 0.25) is 0 Å². The third-order valence-corrected chi connectivity index (χ3v) is 5.17. The van der Waals surface area contributed by atoms with Gasteiger partial charge in [-0.3, -0.25) is 24.0 Å². The lowest BCUT2D eigenvalue weighted by molar-refractivity contribution is -0.120. The van der Waals surface area contributed by atoms with Crippen molar-refractivity contribution in [2.45, 2.75) is 26.9 Å². The molecular formula is C24H28N4O5. The van der Waals surface area contributed by atoms with Crippen molar-refractivity contribution in [1.82, 2.24) is 9.55 Å². The molecule has 0 spiro atoms. The zero-order valence-electron chi connectivity index (χ0n) is 19.0. The number of carbonyl (C=O) groups is 1. The fourth-order valence-corrected chi connectivity index (χ4v) is 3.48. The van der Waals surface area contributed by atoms with E-state index in [2.05, 4.69) is 4.98 Å². The molecule has 0 bridgehead atoms. The molecule has 0 saturated carbocycles. The van der Waals surface area contributed by atoms with E-state index < -0.39 is 17.2 Å². The van der Waals surface area contributed by atoms with Crippen LogP contribution in [-0.4, -0.2) is 35.8 Å². The molecule has 1 amide bonds. The number of nitrogen functional groups attached to an aromatic ring is 1.